The molecule has 2 aromatic rings. The van der Waals surface area contributed by atoms with E-state index in [-0.39, 0.29) is 5.92 Å². The largest absolute Gasteiger partial charge is 0.390 e. The van der Waals surface area contributed by atoms with E-state index in [0.717, 1.165) is 19.3 Å². The van der Waals surface area contributed by atoms with Crippen LogP contribution in [0.3, 0.4) is 0 Å². The summed E-state index contributed by atoms with van der Waals surface area (Å²) < 4.78 is 0. The third-order valence-corrected chi connectivity index (χ3v) is 5.11. The Morgan fingerprint density at radius 2 is 1.50 bits per heavy atom. The molecule has 0 bridgehead atoms. The number of aliphatic hydroxyl groups is 1. The summed E-state index contributed by atoms with van der Waals surface area (Å²) in [6, 6.07) is 21.3. The summed E-state index contributed by atoms with van der Waals surface area (Å²) in [5.74, 6) is 0.597. The van der Waals surface area contributed by atoms with Crippen LogP contribution in [0.2, 0.25) is 0 Å². The van der Waals surface area contributed by atoms with E-state index in [2.05, 4.69) is 74.5 Å². The lowest BCUT2D eigenvalue weighted by molar-refractivity contribution is -0.00960. The molecule has 0 radical (unpaired) electrons. The van der Waals surface area contributed by atoms with Crippen molar-refractivity contribution in [2.75, 3.05) is 0 Å². The zero-order valence-corrected chi connectivity index (χ0v) is 14.0. The van der Waals surface area contributed by atoms with Gasteiger partial charge < -0.3 is 5.11 Å². The predicted octanol–water partition coefficient (Wildman–Crippen LogP) is 5.20. The molecule has 0 heterocycles. The lowest BCUT2D eigenvalue weighted by atomic mass is 9.73. The summed E-state index contributed by atoms with van der Waals surface area (Å²) >= 11 is 0. The molecule has 0 aliphatic heterocycles. The molecule has 0 aliphatic carbocycles. The fourth-order valence-corrected chi connectivity index (χ4v) is 3.13. The molecule has 1 heteroatoms. The van der Waals surface area contributed by atoms with Crippen LogP contribution in [0, 0.1) is 5.92 Å². The van der Waals surface area contributed by atoms with Crippen molar-refractivity contribution >= 4 is 0 Å². The lowest BCUT2D eigenvalue weighted by Crippen LogP contribution is -2.36. The van der Waals surface area contributed by atoms with E-state index in [9.17, 15) is 5.11 Å². The first-order chi connectivity index (χ1) is 10.5. The van der Waals surface area contributed by atoms with E-state index in [0.29, 0.717) is 5.92 Å². The molecular formula is C21H28O. The predicted molar refractivity (Wildman–Crippen MR) is 94.0 cm³/mol. The maximum absolute atomic E-state index is 10.7. The van der Waals surface area contributed by atoms with Gasteiger partial charge in [-0.15, -0.1) is 0 Å². The average molecular weight is 296 g/mol. The van der Waals surface area contributed by atoms with E-state index in [4.69, 9.17) is 0 Å². The van der Waals surface area contributed by atoms with Crippen LogP contribution in [-0.2, 0) is 6.42 Å². The monoisotopic (exact) mass is 296 g/mol. The third-order valence-electron chi connectivity index (χ3n) is 5.11. The Bertz CT molecular complexity index is 545. The molecule has 0 fully saturated rings. The van der Waals surface area contributed by atoms with Gasteiger partial charge >= 0.3 is 0 Å². The van der Waals surface area contributed by atoms with Crippen LogP contribution in [0.1, 0.15) is 50.7 Å². The van der Waals surface area contributed by atoms with Gasteiger partial charge in [-0.25, -0.2) is 0 Å². The molecule has 0 aromatic heterocycles. The minimum Gasteiger partial charge on any atom is -0.390 e. The molecule has 0 aliphatic rings. The Balaban J connectivity index is 2.19. The molecule has 118 valence electrons. The quantitative estimate of drug-likeness (QED) is 0.744. The van der Waals surface area contributed by atoms with Gasteiger partial charge in [-0.2, -0.15) is 0 Å². The zero-order valence-electron chi connectivity index (χ0n) is 14.0. The van der Waals surface area contributed by atoms with E-state index < -0.39 is 5.60 Å². The van der Waals surface area contributed by atoms with Gasteiger partial charge in [0.15, 0.2) is 0 Å². The molecule has 0 spiro atoms. The van der Waals surface area contributed by atoms with Crippen molar-refractivity contribution in [1.82, 2.24) is 0 Å². The molecule has 2 aromatic carbocycles. The smallest absolute Gasteiger partial charge is 0.0648 e. The Morgan fingerprint density at radius 1 is 0.955 bits per heavy atom. The Kier molecular flexibility index (Phi) is 5.79. The second-order valence-electron chi connectivity index (χ2n) is 6.54. The van der Waals surface area contributed by atoms with Crippen LogP contribution in [0.5, 0.6) is 0 Å². The van der Waals surface area contributed by atoms with E-state index in [1.54, 1.807) is 0 Å². The summed E-state index contributed by atoms with van der Waals surface area (Å²) in [5.41, 5.74) is 2.07. The van der Waals surface area contributed by atoms with Crippen LogP contribution in [0.4, 0.5) is 0 Å². The van der Waals surface area contributed by atoms with Crippen LogP contribution < -0.4 is 0 Å². The normalized spacial score (nSPS) is 16.7. The summed E-state index contributed by atoms with van der Waals surface area (Å²) in [7, 11) is 0. The molecule has 2 rings (SSSR count). The van der Waals surface area contributed by atoms with Gasteiger partial charge in [0.2, 0.25) is 0 Å². The van der Waals surface area contributed by atoms with Gasteiger partial charge in [-0.3, -0.25) is 0 Å². The number of aryl methyl sites for hydroxylation is 1. The van der Waals surface area contributed by atoms with Crippen LogP contribution >= 0.6 is 0 Å². The van der Waals surface area contributed by atoms with E-state index in [1.165, 1.54) is 11.1 Å². The number of rotatable bonds is 7. The summed E-state index contributed by atoms with van der Waals surface area (Å²) in [6.45, 7) is 6.22. The summed E-state index contributed by atoms with van der Waals surface area (Å²) in [6.07, 6.45) is 2.89. The molecular weight excluding hydrogens is 268 g/mol. The zero-order chi connectivity index (χ0) is 16.0. The second-order valence-corrected chi connectivity index (χ2v) is 6.54. The fraction of sp³-hybridized carbons (Fsp3) is 0.429. The van der Waals surface area contributed by atoms with Crippen LogP contribution in [0.15, 0.2) is 60.7 Å². The molecule has 0 amide bonds. The van der Waals surface area contributed by atoms with Gasteiger partial charge in [-0.1, -0.05) is 74.5 Å². The Morgan fingerprint density at radius 3 is 2.05 bits per heavy atom. The minimum absolute atomic E-state index is 0.226. The third kappa shape index (κ3) is 4.20. The first-order valence-corrected chi connectivity index (χ1v) is 8.36. The topological polar surface area (TPSA) is 20.2 Å². The van der Waals surface area contributed by atoms with Crippen molar-refractivity contribution in [2.45, 2.75) is 51.6 Å². The van der Waals surface area contributed by atoms with Gasteiger partial charge in [0, 0.05) is 0 Å². The molecule has 3 atom stereocenters. The highest BCUT2D eigenvalue weighted by molar-refractivity contribution is 5.22. The van der Waals surface area contributed by atoms with Crippen LogP contribution in [-0.4, -0.2) is 10.7 Å². The maximum Gasteiger partial charge on any atom is 0.0648 e. The molecule has 1 N–H and O–H groups in total. The molecule has 0 saturated heterocycles. The van der Waals surface area contributed by atoms with E-state index in [1.807, 2.05) is 6.92 Å². The van der Waals surface area contributed by atoms with Crippen molar-refractivity contribution in [3.63, 3.8) is 0 Å². The molecule has 22 heavy (non-hydrogen) atoms. The first kappa shape index (κ1) is 16.8. The van der Waals surface area contributed by atoms with Crippen molar-refractivity contribution in [3.05, 3.63) is 71.8 Å². The summed E-state index contributed by atoms with van der Waals surface area (Å²) in [4.78, 5) is 0. The van der Waals surface area contributed by atoms with Gasteiger partial charge in [-0.05, 0) is 49.1 Å². The average Bonchev–Trinajstić information content (AvgIpc) is 2.57. The highest BCUT2D eigenvalue weighted by atomic mass is 16.3. The SMILES string of the molecule is CCC(C)(O)C(C)C(CCc1ccccc1)c1ccccc1. The minimum atomic E-state index is -0.628. The molecule has 3 unspecified atom stereocenters. The number of hydrogen-bond donors (Lipinski definition) is 1. The van der Waals surface area contributed by atoms with Gasteiger partial charge in [0.25, 0.3) is 0 Å². The number of benzene rings is 2. The highest BCUT2D eigenvalue weighted by Gasteiger charge is 2.33. The lowest BCUT2D eigenvalue weighted by Gasteiger charge is -2.36. The first-order valence-electron chi connectivity index (χ1n) is 8.36. The summed E-state index contributed by atoms with van der Waals surface area (Å²) in [5, 5.41) is 10.7. The Labute approximate surface area is 135 Å². The highest BCUT2D eigenvalue weighted by Crippen LogP contribution is 2.37. The standard InChI is InChI=1S/C21H28O/c1-4-21(3,22)17(2)20(19-13-9-6-10-14-19)16-15-18-11-7-5-8-12-18/h5-14,17,20,22H,4,15-16H2,1-3H3. The molecule has 0 saturated carbocycles. The maximum atomic E-state index is 10.7. The van der Waals surface area contributed by atoms with E-state index >= 15 is 0 Å². The van der Waals surface area contributed by atoms with Gasteiger partial charge in [0.1, 0.15) is 0 Å². The molecule has 1 nitrogen and oxygen atoms in total. The Hall–Kier alpha value is -1.60. The van der Waals surface area contributed by atoms with Crippen LogP contribution in [0.25, 0.3) is 0 Å². The van der Waals surface area contributed by atoms with Crippen molar-refractivity contribution in [3.8, 4) is 0 Å². The second kappa shape index (κ2) is 7.60. The fourth-order valence-electron chi connectivity index (χ4n) is 3.13. The van der Waals surface area contributed by atoms with Gasteiger partial charge in [0.05, 0.1) is 5.60 Å². The van der Waals surface area contributed by atoms with Crippen molar-refractivity contribution in [1.29, 1.82) is 0 Å². The van der Waals surface area contributed by atoms with Crippen molar-refractivity contribution in [2.24, 2.45) is 5.92 Å². The van der Waals surface area contributed by atoms with Crippen molar-refractivity contribution < 1.29 is 5.11 Å². The number of hydrogen-bond acceptors (Lipinski definition) is 1.